The van der Waals surface area contributed by atoms with Crippen molar-refractivity contribution in [1.29, 1.82) is 0 Å². The molecule has 0 aromatic heterocycles. The van der Waals surface area contributed by atoms with E-state index >= 15 is 0 Å². The Balaban J connectivity index is 2.00. The van der Waals surface area contributed by atoms with Gasteiger partial charge in [-0.2, -0.15) is 0 Å². The fraction of sp³-hybridized carbons (Fsp3) is 1.00. The fourth-order valence-corrected chi connectivity index (χ4v) is 4.16. The van der Waals surface area contributed by atoms with E-state index in [4.69, 9.17) is 5.73 Å². The lowest BCUT2D eigenvalue weighted by molar-refractivity contribution is 0.0430. The second kappa shape index (κ2) is 6.91. The summed E-state index contributed by atoms with van der Waals surface area (Å²) >= 11 is 0. The van der Waals surface area contributed by atoms with Crippen LogP contribution in [0.3, 0.4) is 0 Å². The molecule has 0 radical (unpaired) electrons. The Labute approximate surface area is 113 Å². The SMILES string of the molecule is CCCN(CC1CCCC1)C1(CN)CCCCC1. The highest BCUT2D eigenvalue weighted by atomic mass is 15.2. The van der Waals surface area contributed by atoms with Crippen molar-refractivity contribution >= 4 is 0 Å². The van der Waals surface area contributed by atoms with Gasteiger partial charge in [0.15, 0.2) is 0 Å². The standard InChI is InChI=1S/C16H32N2/c1-2-12-18(13-15-8-4-5-9-15)16(14-17)10-6-3-7-11-16/h15H,2-14,17H2,1H3. The molecular formula is C16H32N2. The zero-order valence-electron chi connectivity index (χ0n) is 12.3. The van der Waals surface area contributed by atoms with Gasteiger partial charge in [0, 0.05) is 18.6 Å². The number of nitrogens with zero attached hydrogens (tertiary/aromatic N) is 1. The summed E-state index contributed by atoms with van der Waals surface area (Å²) in [4.78, 5) is 2.79. The van der Waals surface area contributed by atoms with Gasteiger partial charge in [0.1, 0.15) is 0 Å². The van der Waals surface area contributed by atoms with Crippen LogP contribution in [0.4, 0.5) is 0 Å². The minimum Gasteiger partial charge on any atom is -0.329 e. The second-order valence-corrected chi connectivity index (χ2v) is 6.59. The van der Waals surface area contributed by atoms with Crippen LogP contribution >= 0.6 is 0 Å². The zero-order valence-corrected chi connectivity index (χ0v) is 12.3. The zero-order chi connectivity index (χ0) is 12.8. The first kappa shape index (κ1) is 14.3. The summed E-state index contributed by atoms with van der Waals surface area (Å²) in [7, 11) is 0. The smallest absolute Gasteiger partial charge is 0.0331 e. The van der Waals surface area contributed by atoms with Gasteiger partial charge in [0.25, 0.3) is 0 Å². The molecule has 2 aliphatic rings. The lowest BCUT2D eigenvalue weighted by atomic mass is 9.79. The van der Waals surface area contributed by atoms with Crippen LogP contribution in [0, 0.1) is 5.92 Å². The Morgan fingerprint density at radius 3 is 2.28 bits per heavy atom. The van der Waals surface area contributed by atoms with Crippen molar-refractivity contribution < 1.29 is 0 Å². The van der Waals surface area contributed by atoms with Crippen LogP contribution in [0.2, 0.25) is 0 Å². The summed E-state index contributed by atoms with van der Waals surface area (Å²) < 4.78 is 0. The highest BCUT2D eigenvalue weighted by Crippen LogP contribution is 2.35. The lowest BCUT2D eigenvalue weighted by Gasteiger charge is -2.47. The second-order valence-electron chi connectivity index (χ2n) is 6.59. The Kier molecular flexibility index (Phi) is 5.50. The highest BCUT2D eigenvalue weighted by molar-refractivity contribution is 4.95. The Bertz CT molecular complexity index is 227. The van der Waals surface area contributed by atoms with Crippen LogP contribution in [-0.2, 0) is 0 Å². The van der Waals surface area contributed by atoms with Crippen molar-refractivity contribution in [2.75, 3.05) is 19.6 Å². The van der Waals surface area contributed by atoms with Crippen molar-refractivity contribution in [2.45, 2.75) is 76.7 Å². The van der Waals surface area contributed by atoms with Gasteiger partial charge in [0.2, 0.25) is 0 Å². The van der Waals surface area contributed by atoms with Gasteiger partial charge in [0.05, 0.1) is 0 Å². The molecule has 2 fully saturated rings. The van der Waals surface area contributed by atoms with Gasteiger partial charge in [-0.15, -0.1) is 0 Å². The van der Waals surface area contributed by atoms with Crippen molar-refractivity contribution in [1.82, 2.24) is 4.90 Å². The Hall–Kier alpha value is -0.0800. The lowest BCUT2D eigenvalue weighted by Crippen LogP contribution is -2.56. The first-order chi connectivity index (χ1) is 8.80. The van der Waals surface area contributed by atoms with Crippen LogP contribution in [0.15, 0.2) is 0 Å². The highest BCUT2D eigenvalue weighted by Gasteiger charge is 2.37. The molecule has 18 heavy (non-hydrogen) atoms. The summed E-state index contributed by atoms with van der Waals surface area (Å²) in [6, 6.07) is 0. The van der Waals surface area contributed by atoms with Gasteiger partial charge >= 0.3 is 0 Å². The maximum Gasteiger partial charge on any atom is 0.0331 e. The average molecular weight is 252 g/mol. The largest absolute Gasteiger partial charge is 0.329 e. The summed E-state index contributed by atoms with van der Waals surface area (Å²) in [5.74, 6) is 0.960. The van der Waals surface area contributed by atoms with Crippen molar-refractivity contribution in [3.05, 3.63) is 0 Å². The molecule has 0 aromatic carbocycles. The molecule has 0 aromatic rings. The van der Waals surface area contributed by atoms with E-state index in [1.165, 1.54) is 77.3 Å². The van der Waals surface area contributed by atoms with Crippen LogP contribution in [0.25, 0.3) is 0 Å². The molecule has 106 valence electrons. The molecule has 2 N–H and O–H groups in total. The number of rotatable bonds is 6. The van der Waals surface area contributed by atoms with E-state index in [-0.39, 0.29) is 0 Å². The first-order valence-corrected chi connectivity index (χ1v) is 8.26. The fourth-order valence-electron chi connectivity index (χ4n) is 4.16. The number of hydrogen-bond acceptors (Lipinski definition) is 2. The molecule has 0 atom stereocenters. The third-order valence-electron chi connectivity index (χ3n) is 5.28. The minimum absolute atomic E-state index is 0.358. The van der Waals surface area contributed by atoms with E-state index in [0.717, 1.165) is 12.5 Å². The van der Waals surface area contributed by atoms with Crippen molar-refractivity contribution in [3.63, 3.8) is 0 Å². The molecule has 2 aliphatic carbocycles. The average Bonchev–Trinajstić information content (AvgIpc) is 2.92. The molecule has 0 heterocycles. The Morgan fingerprint density at radius 1 is 1.06 bits per heavy atom. The maximum atomic E-state index is 6.20. The molecule has 0 unspecified atom stereocenters. The van der Waals surface area contributed by atoms with Gasteiger partial charge in [-0.05, 0) is 44.6 Å². The summed E-state index contributed by atoms with van der Waals surface area (Å²) in [5, 5.41) is 0. The molecule has 0 bridgehead atoms. The number of nitrogens with two attached hydrogens (primary N) is 1. The summed E-state index contributed by atoms with van der Waals surface area (Å²) in [6.07, 6.45) is 14.0. The van der Waals surface area contributed by atoms with Crippen LogP contribution in [-0.4, -0.2) is 30.1 Å². The molecule has 2 saturated carbocycles. The van der Waals surface area contributed by atoms with E-state index in [9.17, 15) is 0 Å². The van der Waals surface area contributed by atoms with Crippen molar-refractivity contribution in [2.24, 2.45) is 11.7 Å². The normalized spacial score (nSPS) is 24.8. The monoisotopic (exact) mass is 252 g/mol. The molecule has 2 rings (SSSR count). The van der Waals surface area contributed by atoms with Gasteiger partial charge < -0.3 is 5.73 Å². The summed E-state index contributed by atoms with van der Waals surface area (Å²) in [5.41, 5.74) is 6.56. The predicted octanol–water partition coefficient (Wildman–Crippen LogP) is 3.55. The molecule has 0 aliphatic heterocycles. The van der Waals surface area contributed by atoms with E-state index in [2.05, 4.69) is 11.8 Å². The minimum atomic E-state index is 0.358. The molecule has 0 amide bonds. The van der Waals surface area contributed by atoms with E-state index < -0.39 is 0 Å². The quantitative estimate of drug-likeness (QED) is 0.783. The molecule has 2 heteroatoms. The third kappa shape index (κ3) is 3.27. The van der Waals surface area contributed by atoms with Crippen LogP contribution < -0.4 is 5.73 Å². The molecule has 0 saturated heterocycles. The predicted molar refractivity (Wildman–Crippen MR) is 78.7 cm³/mol. The Morgan fingerprint density at radius 2 is 1.72 bits per heavy atom. The van der Waals surface area contributed by atoms with Gasteiger partial charge in [-0.1, -0.05) is 39.0 Å². The molecular weight excluding hydrogens is 220 g/mol. The molecule has 0 spiro atoms. The van der Waals surface area contributed by atoms with Crippen LogP contribution in [0.5, 0.6) is 0 Å². The maximum absolute atomic E-state index is 6.20. The van der Waals surface area contributed by atoms with E-state index in [1.54, 1.807) is 0 Å². The third-order valence-corrected chi connectivity index (χ3v) is 5.28. The van der Waals surface area contributed by atoms with E-state index in [0.29, 0.717) is 5.54 Å². The van der Waals surface area contributed by atoms with Crippen molar-refractivity contribution in [3.8, 4) is 0 Å². The topological polar surface area (TPSA) is 29.3 Å². The van der Waals surface area contributed by atoms with E-state index in [1.807, 2.05) is 0 Å². The molecule has 2 nitrogen and oxygen atoms in total. The summed E-state index contributed by atoms with van der Waals surface area (Å²) in [6.45, 7) is 5.77. The first-order valence-electron chi connectivity index (χ1n) is 8.26. The van der Waals surface area contributed by atoms with Gasteiger partial charge in [-0.3, -0.25) is 4.90 Å². The van der Waals surface area contributed by atoms with Crippen LogP contribution in [0.1, 0.15) is 71.1 Å². The van der Waals surface area contributed by atoms with Gasteiger partial charge in [-0.25, -0.2) is 0 Å². The number of hydrogen-bond donors (Lipinski definition) is 1.